The summed E-state index contributed by atoms with van der Waals surface area (Å²) in [4.78, 5) is 10.7. The van der Waals surface area contributed by atoms with Crippen LogP contribution in [0.5, 0.6) is 0 Å². The summed E-state index contributed by atoms with van der Waals surface area (Å²) in [6.45, 7) is 3.57. The van der Waals surface area contributed by atoms with Gasteiger partial charge >= 0.3 is 0 Å². The van der Waals surface area contributed by atoms with E-state index in [1.807, 2.05) is 11.6 Å². The average Bonchev–Trinajstić information content (AvgIpc) is 2.38. The molecule has 0 fully saturated rings. The van der Waals surface area contributed by atoms with Gasteiger partial charge in [0.15, 0.2) is 0 Å². The minimum Gasteiger partial charge on any atom is -0.355 e. The number of halogens is 2. The summed E-state index contributed by atoms with van der Waals surface area (Å²) in [6, 6.07) is 1.00. The quantitative estimate of drug-likeness (QED) is 0.828. The van der Waals surface area contributed by atoms with Crippen molar-refractivity contribution >= 4 is 15.9 Å². The lowest BCUT2D eigenvalue weighted by molar-refractivity contribution is -0.122. The van der Waals surface area contributed by atoms with Gasteiger partial charge in [0.1, 0.15) is 16.5 Å². The Morgan fingerprint density at radius 1 is 1.35 bits per heavy atom. The second-order valence-electron chi connectivity index (χ2n) is 4.21. The molecule has 0 bridgehead atoms. The van der Waals surface area contributed by atoms with Crippen LogP contribution in [-0.4, -0.2) is 26.9 Å². The Hall–Kier alpha value is -1.54. The van der Waals surface area contributed by atoms with Crippen molar-refractivity contribution in [3.8, 4) is 0 Å². The molecule has 0 heterocycles. The number of benzene rings is 1. The van der Waals surface area contributed by atoms with Gasteiger partial charge in [-0.15, -0.1) is 0 Å². The van der Waals surface area contributed by atoms with Gasteiger partial charge in [0.2, 0.25) is 15.9 Å². The van der Waals surface area contributed by atoms with E-state index in [-0.39, 0.29) is 0 Å². The fourth-order valence-electron chi connectivity index (χ4n) is 1.43. The first-order valence-electron chi connectivity index (χ1n) is 6.03. The zero-order valence-electron chi connectivity index (χ0n) is 11.1. The van der Waals surface area contributed by atoms with E-state index < -0.39 is 38.5 Å². The molecule has 0 aliphatic heterocycles. The topological polar surface area (TPSA) is 75.3 Å². The van der Waals surface area contributed by atoms with Crippen molar-refractivity contribution in [1.82, 2.24) is 10.0 Å². The Labute approximate surface area is 116 Å². The molecule has 0 spiro atoms. The zero-order valence-corrected chi connectivity index (χ0v) is 11.9. The molecule has 1 amide bonds. The highest BCUT2D eigenvalue weighted by molar-refractivity contribution is 7.89. The molecule has 1 aromatic rings. The van der Waals surface area contributed by atoms with E-state index in [4.69, 9.17) is 0 Å². The maximum Gasteiger partial charge on any atom is 0.244 e. The average molecular weight is 306 g/mol. The van der Waals surface area contributed by atoms with E-state index in [1.54, 1.807) is 0 Å². The summed E-state index contributed by atoms with van der Waals surface area (Å²) < 4.78 is 52.2. The predicted octanol–water partition coefficient (Wildman–Crippen LogP) is 1.16. The highest BCUT2D eigenvalue weighted by Gasteiger charge is 2.25. The number of carbonyl (C=O) groups excluding carboxylic acids is 1. The lowest BCUT2D eigenvalue weighted by Crippen LogP contribution is -2.45. The molecule has 8 heteroatoms. The normalized spacial score (nSPS) is 13.0. The van der Waals surface area contributed by atoms with Gasteiger partial charge in [-0.1, -0.05) is 6.92 Å². The molecule has 0 saturated heterocycles. The predicted molar refractivity (Wildman–Crippen MR) is 69.4 cm³/mol. The van der Waals surface area contributed by atoms with Crippen LogP contribution in [0.15, 0.2) is 23.1 Å². The number of rotatable bonds is 6. The largest absolute Gasteiger partial charge is 0.355 e. The first-order chi connectivity index (χ1) is 9.27. The van der Waals surface area contributed by atoms with Crippen LogP contribution in [0.1, 0.15) is 20.3 Å². The lowest BCUT2D eigenvalue weighted by Gasteiger charge is -2.14. The summed E-state index contributed by atoms with van der Waals surface area (Å²) >= 11 is 0. The lowest BCUT2D eigenvalue weighted by atomic mass is 10.3. The fourth-order valence-corrected chi connectivity index (χ4v) is 2.73. The van der Waals surface area contributed by atoms with Crippen LogP contribution >= 0.6 is 0 Å². The minimum atomic E-state index is -4.31. The Bertz CT molecular complexity index is 590. The first-order valence-corrected chi connectivity index (χ1v) is 7.51. The summed E-state index contributed by atoms with van der Waals surface area (Å²) in [5, 5.41) is 2.50. The molecule has 0 aliphatic rings. The van der Waals surface area contributed by atoms with Crippen molar-refractivity contribution in [2.24, 2.45) is 0 Å². The number of amides is 1. The molecule has 2 N–H and O–H groups in total. The highest BCUT2D eigenvalue weighted by atomic mass is 32.2. The molecular formula is C12H16F2N2O3S. The third-order valence-corrected chi connectivity index (χ3v) is 4.01. The summed E-state index contributed by atoms with van der Waals surface area (Å²) in [7, 11) is -4.31. The van der Waals surface area contributed by atoms with Crippen LogP contribution < -0.4 is 10.0 Å². The Balaban J connectivity index is 2.89. The molecule has 20 heavy (non-hydrogen) atoms. The maximum atomic E-state index is 13.4. The molecule has 0 saturated carbocycles. The Kier molecular flexibility index (Phi) is 5.58. The molecule has 0 radical (unpaired) electrons. The zero-order chi connectivity index (χ0) is 15.3. The standard InChI is InChI=1S/C12H16F2N2O3S/c1-3-6-15-12(17)8(2)16-20(18,19)11-7-9(13)4-5-10(11)14/h4-5,7-8,16H,3,6H2,1-2H3,(H,15,17). The Morgan fingerprint density at radius 2 is 2.00 bits per heavy atom. The van der Waals surface area contributed by atoms with Gasteiger partial charge in [-0.3, -0.25) is 4.79 Å². The molecule has 112 valence electrons. The molecule has 1 rings (SSSR count). The van der Waals surface area contributed by atoms with Crippen molar-refractivity contribution in [3.63, 3.8) is 0 Å². The molecule has 0 aromatic heterocycles. The molecule has 0 aliphatic carbocycles. The summed E-state index contributed by atoms with van der Waals surface area (Å²) in [5.41, 5.74) is 0. The van der Waals surface area contributed by atoms with Crippen LogP contribution in [0, 0.1) is 11.6 Å². The number of nitrogens with one attached hydrogen (secondary N) is 2. The van der Waals surface area contributed by atoms with E-state index in [2.05, 4.69) is 5.32 Å². The van der Waals surface area contributed by atoms with E-state index in [0.717, 1.165) is 6.07 Å². The van der Waals surface area contributed by atoms with E-state index in [0.29, 0.717) is 25.1 Å². The van der Waals surface area contributed by atoms with Gasteiger partial charge in [-0.25, -0.2) is 17.2 Å². The fraction of sp³-hybridized carbons (Fsp3) is 0.417. The third kappa shape index (κ3) is 4.24. The second-order valence-corrected chi connectivity index (χ2v) is 5.89. The van der Waals surface area contributed by atoms with Crippen molar-refractivity contribution in [2.45, 2.75) is 31.2 Å². The van der Waals surface area contributed by atoms with Gasteiger partial charge in [-0.05, 0) is 31.5 Å². The second kappa shape index (κ2) is 6.76. The van der Waals surface area contributed by atoms with E-state index in [1.165, 1.54) is 6.92 Å². The SMILES string of the molecule is CCCNC(=O)C(C)NS(=O)(=O)c1cc(F)ccc1F. The van der Waals surface area contributed by atoms with Crippen LogP contribution in [0.2, 0.25) is 0 Å². The van der Waals surface area contributed by atoms with Gasteiger partial charge in [-0.2, -0.15) is 4.72 Å². The smallest absolute Gasteiger partial charge is 0.244 e. The first kappa shape index (κ1) is 16.5. The number of sulfonamides is 1. The third-order valence-electron chi connectivity index (χ3n) is 2.46. The van der Waals surface area contributed by atoms with Crippen molar-refractivity contribution in [2.75, 3.05) is 6.54 Å². The number of carbonyl (C=O) groups is 1. The maximum absolute atomic E-state index is 13.4. The van der Waals surface area contributed by atoms with Gasteiger partial charge in [0, 0.05) is 6.54 Å². The van der Waals surface area contributed by atoms with Crippen molar-refractivity contribution in [3.05, 3.63) is 29.8 Å². The summed E-state index contributed by atoms with van der Waals surface area (Å²) in [5.74, 6) is -2.50. The van der Waals surface area contributed by atoms with Gasteiger partial charge in [0.05, 0.1) is 6.04 Å². The van der Waals surface area contributed by atoms with Crippen molar-refractivity contribution in [1.29, 1.82) is 0 Å². The van der Waals surface area contributed by atoms with Crippen LogP contribution in [-0.2, 0) is 14.8 Å². The number of hydrogen-bond acceptors (Lipinski definition) is 3. The molecule has 1 aromatic carbocycles. The molecule has 5 nitrogen and oxygen atoms in total. The monoisotopic (exact) mass is 306 g/mol. The van der Waals surface area contributed by atoms with Gasteiger partial charge in [0.25, 0.3) is 0 Å². The Morgan fingerprint density at radius 3 is 2.60 bits per heavy atom. The van der Waals surface area contributed by atoms with Crippen molar-refractivity contribution < 1.29 is 22.0 Å². The molecular weight excluding hydrogens is 290 g/mol. The van der Waals surface area contributed by atoms with E-state index in [9.17, 15) is 22.0 Å². The van der Waals surface area contributed by atoms with Crippen LogP contribution in [0.25, 0.3) is 0 Å². The van der Waals surface area contributed by atoms with Crippen LogP contribution in [0.3, 0.4) is 0 Å². The van der Waals surface area contributed by atoms with E-state index >= 15 is 0 Å². The molecule has 1 unspecified atom stereocenters. The minimum absolute atomic E-state index is 0.402. The molecule has 1 atom stereocenters. The summed E-state index contributed by atoms with van der Waals surface area (Å²) in [6.07, 6.45) is 0.698. The highest BCUT2D eigenvalue weighted by Crippen LogP contribution is 2.15. The van der Waals surface area contributed by atoms with Crippen LogP contribution in [0.4, 0.5) is 8.78 Å². The van der Waals surface area contributed by atoms with Gasteiger partial charge < -0.3 is 5.32 Å². The number of hydrogen-bond donors (Lipinski definition) is 2.